The second kappa shape index (κ2) is 13.3. The average Bonchev–Trinajstić information content (AvgIpc) is 2.92. The van der Waals surface area contributed by atoms with Gasteiger partial charge >= 0.3 is 0 Å². The Balaban J connectivity index is 2.08. The van der Waals surface area contributed by atoms with Crippen LogP contribution in [0.15, 0.2) is 77.7 Å². The Kier molecular flexibility index (Phi) is 10.1. The molecule has 0 saturated carbocycles. The van der Waals surface area contributed by atoms with Crippen molar-refractivity contribution in [3.63, 3.8) is 0 Å². The number of anilines is 1. The smallest absolute Gasteiger partial charge is 0.264 e. The third kappa shape index (κ3) is 7.17. The fourth-order valence-corrected chi connectivity index (χ4v) is 5.85. The van der Waals surface area contributed by atoms with Crippen LogP contribution in [-0.2, 0) is 26.2 Å². The molecule has 0 spiro atoms. The lowest BCUT2D eigenvalue weighted by Crippen LogP contribution is -2.52. The summed E-state index contributed by atoms with van der Waals surface area (Å²) in [6, 6.07) is 20.0. The van der Waals surface area contributed by atoms with Crippen LogP contribution in [0.5, 0.6) is 5.75 Å². The van der Waals surface area contributed by atoms with E-state index in [4.69, 9.17) is 4.74 Å². The normalized spacial score (nSPS) is 11.9. The molecule has 1 atom stereocenters. The summed E-state index contributed by atoms with van der Waals surface area (Å²) in [4.78, 5) is 28.6. The van der Waals surface area contributed by atoms with Crippen molar-refractivity contribution in [1.82, 2.24) is 10.2 Å². The summed E-state index contributed by atoms with van der Waals surface area (Å²) in [5.41, 5.74) is 2.79. The predicted octanol–water partition coefficient (Wildman–Crippen LogP) is 4.45. The number of hydrogen-bond donors (Lipinski definition) is 1. The molecule has 3 aromatic carbocycles. The zero-order valence-electron chi connectivity index (χ0n) is 23.2. The minimum Gasteiger partial charge on any atom is -0.497 e. The Morgan fingerprint density at radius 2 is 1.64 bits per heavy atom. The van der Waals surface area contributed by atoms with Crippen molar-refractivity contribution in [1.29, 1.82) is 0 Å². The lowest BCUT2D eigenvalue weighted by atomic mass is 10.1. The topological polar surface area (TPSA) is 96.0 Å². The van der Waals surface area contributed by atoms with Gasteiger partial charge in [-0.2, -0.15) is 0 Å². The van der Waals surface area contributed by atoms with Gasteiger partial charge in [-0.05, 0) is 68.7 Å². The number of likely N-dealkylation sites (N-methyl/N-ethyl adjacent to an activating group) is 1. The van der Waals surface area contributed by atoms with E-state index in [0.29, 0.717) is 30.0 Å². The van der Waals surface area contributed by atoms with Gasteiger partial charge in [0.05, 0.1) is 17.7 Å². The molecule has 0 unspecified atom stereocenters. The Morgan fingerprint density at radius 1 is 0.949 bits per heavy atom. The van der Waals surface area contributed by atoms with Crippen LogP contribution in [0.2, 0.25) is 0 Å². The highest BCUT2D eigenvalue weighted by atomic mass is 32.2. The highest BCUT2D eigenvalue weighted by Gasteiger charge is 2.34. The first-order chi connectivity index (χ1) is 18.6. The molecule has 0 bridgehead atoms. The fraction of sp³-hybridized carbons (Fsp3) is 0.333. The van der Waals surface area contributed by atoms with E-state index in [1.54, 1.807) is 56.5 Å². The maximum Gasteiger partial charge on any atom is 0.264 e. The monoisotopic (exact) mass is 551 g/mol. The van der Waals surface area contributed by atoms with Crippen LogP contribution in [0.3, 0.4) is 0 Å². The maximum atomic E-state index is 14.0. The van der Waals surface area contributed by atoms with E-state index in [9.17, 15) is 18.0 Å². The molecule has 2 amide bonds. The van der Waals surface area contributed by atoms with E-state index in [1.165, 1.54) is 17.0 Å². The lowest BCUT2D eigenvalue weighted by molar-refractivity contribution is -0.140. The van der Waals surface area contributed by atoms with Crippen LogP contribution in [-0.4, -0.2) is 51.4 Å². The molecule has 9 heteroatoms. The Labute approximate surface area is 231 Å². The molecule has 0 radical (unpaired) electrons. The van der Waals surface area contributed by atoms with Gasteiger partial charge in [-0.3, -0.25) is 13.9 Å². The first-order valence-electron chi connectivity index (χ1n) is 13.0. The minimum atomic E-state index is -4.10. The maximum absolute atomic E-state index is 14.0. The molecule has 208 valence electrons. The van der Waals surface area contributed by atoms with E-state index < -0.39 is 28.5 Å². The van der Waals surface area contributed by atoms with E-state index in [2.05, 4.69) is 5.32 Å². The van der Waals surface area contributed by atoms with Gasteiger partial charge in [0.15, 0.2) is 0 Å². The van der Waals surface area contributed by atoms with Gasteiger partial charge in [-0.25, -0.2) is 8.42 Å². The van der Waals surface area contributed by atoms with Gasteiger partial charge < -0.3 is 15.0 Å². The number of rotatable bonds is 12. The number of ether oxygens (including phenoxy) is 1. The van der Waals surface area contributed by atoms with Gasteiger partial charge in [0.25, 0.3) is 10.0 Å². The molecule has 0 aliphatic heterocycles. The number of hydrogen-bond acceptors (Lipinski definition) is 5. The SMILES string of the molecule is CCNC(=O)[C@H](CC)N(Cc1cccc(OC)c1)C(=O)CN(c1ccccc1C)S(=O)(=O)c1ccc(C)cc1. The quantitative estimate of drug-likeness (QED) is 0.359. The number of nitrogens with zero attached hydrogens (tertiary/aromatic N) is 2. The molecular weight excluding hydrogens is 514 g/mol. The van der Waals surface area contributed by atoms with Crippen LogP contribution in [0, 0.1) is 13.8 Å². The lowest BCUT2D eigenvalue weighted by Gasteiger charge is -2.33. The first-order valence-corrected chi connectivity index (χ1v) is 14.4. The highest BCUT2D eigenvalue weighted by molar-refractivity contribution is 7.92. The third-order valence-corrected chi connectivity index (χ3v) is 8.27. The zero-order chi connectivity index (χ0) is 28.6. The van der Waals surface area contributed by atoms with E-state index >= 15 is 0 Å². The van der Waals surface area contributed by atoms with Gasteiger partial charge in [-0.1, -0.05) is 55.0 Å². The van der Waals surface area contributed by atoms with Gasteiger partial charge in [0.1, 0.15) is 18.3 Å². The number of nitrogens with one attached hydrogen (secondary N) is 1. The number of sulfonamides is 1. The Bertz CT molecular complexity index is 1390. The molecule has 39 heavy (non-hydrogen) atoms. The fourth-order valence-electron chi connectivity index (χ4n) is 4.37. The molecule has 0 aliphatic rings. The molecule has 8 nitrogen and oxygen atoms in total. The summed E-state index contributed by atoms with van der Waals surface area (Å²) >= 11 is 0. The van der Waals surface area contributed by atoms with Crippen molar-refractivity contribution < 1.29 is 22.7 Å². The van der Waals surface area contributed by atoms with Gasteiger partial charge in [0, 0.05) is 13.1 Å². The number of para-hydroxylation sites is 1. The second-order valence-corrected chi connectivity index (χ2v) is 11.2. The second-order valence-electron chi connectivity index (χ2n) is 9.30. The van der Waals surface area contributed by atoms with Crippen molar-refractivity contribution in [3.05, 3.63) is 89.5 Å². The summed E-state index contributed by atoms with van der Waals surface area (Å²) in [5, 5.41) is 2.81. The van der Waals surface area contributed by atoms with Crippen LogP contribution in [0.4, 0.5) is 5.69 Å². The minimum absolute atomic E-state index is 0.0827. The molecule has 1 N–H and O–H groups in total. The largest absolute Gasteiger partial charge is 0.497 e. The highest BCUT2D eigenvalue weighted by Crippen LogP contribution is 2.28. The standard InChI is InChI=1S/C30H37N3O5S/c1-6-27(30(35)31-7-2)32(20-24-12-10-13-25(19-24)38-5)29(34)21-33(28-14-9-8-11-23(28)4)39(36,37)26-17-15-22(3)16-18-26/h8-19,27H,6-7,20-21H2,1-5H3,(H,31,35)/t27-/m0/s1. The van der Waals surface area contributed by atoms with Gasteiger partial charge in [0.2, 0.25) is 11.8 Å². The molecule has 0 aliphatic carbocycles. The number of amides is 2. The van der Waals surface area contributed by atoms with E-state index in [-0.39, 0.29) is 17.3 Å². The average molecular weight is 552 g/mol. The van der Waals surface area contributed by atoms with Crippen molar-refractivity contribution in [2.75, 3.05) is 24.5 Å². The van der Waals surface area contributed by atoms with Crippen LogP contribution in [0.1, 0.15) is 37.0 Å². The Hall–Kier alpha value is -3.85. The Morgan fingerprint density at radius 3 is 2.26 bits per heavy atom. The van der Waals surface area contributed by atoms with Crippen LogP contribution < -0.4 is 14.4 Å². The molecule has 3 rings (SSSR count). The molecular formula is C30H37N3O5S. The zero-order valence-corrected chi connectivity index (χ0v) is 24.0. The molecule has 0 fully saturated rings. The van der Waals surface area contributed by atoms with Crippen molar-refractivity contribution in [2.45, 2.75) is 51.6 Å². The third-order valence-electron chi connectivity index (χ3n) is 6.50. The molecule has 0 aromatic heterocycles. The first kappa shape index (κ1) is 29.7. The summed E-state index contributed by atoms with van der Waals surface area (Å²) in [6.07, 6.45) is 0.358. The number of carbonyl (C=O) groups is 2. The van der Waals surface area contributed by atoms with E-state index in [1.807, 2.05) is 39.0 Å². The van der Waals surface area contributed by atoms with Crippen LogP contribution >= 0.6 is 0 Å². The van der Waals surface area contributed by atoms with Gasteiger partial charge in [-0.15, -0.1) is 0 Å². The van der Waals surface area contributed by atoms with Crippen LogP contribution in [0.25, 0.3) is 0 Å². The predicted molar refractivity (Wildman–Crippen MR) is 153 cm³/mol. The van der Waals surface area contributed by atoms with E-state index in [0.717, 1.165) is 15.4 Å². The number of benzene rings is 3. The molecule has 0 saturated heterocycles. The summed E-state index contributed by atoms with van der Waals surface area (Å²) in [5.74, 6) is -0.163. The summed E-state index contributed by atoms with van der Waals surface area (Å²) in [7, 11) is -2.55. The van der Waals surface area contributed by atoms with Crippen molar-refractivity contribution in [2.24, 2.45) is 0 Å². The number of aryl methyl sites for hydroxylation is 2. The number of carbonyl (C=O) groups excluding carboxylic acids is 2. The summed E-state index contributed by atoms with van der Waals surface area (Å²) < 4.78 is 34.3. The molecule has 3 aromatic rings. The molecule has 0 heterocycles. The van der Waals surface area contributed by atoms with Crippen molar-refractivity contribution in [3.8, 4) is 5.75 Å². The summed E-state index contributed by atoms with van der Waals surface area (Å²) in [6.45, 7) is 7.37. The van der Waals surface area contributed by atoms with Crippen molar-refractivity contribution >= 4 is 27.5 Å². The number of methoxy groups -OCH3 is 1.